The van der Waals surface area contributed by atoms with Crippen LogP contribution in [-0.2, 0) is 15.9 Å². The molecule has 4 heteroatoms. The Morgan fingerprint density at radius 2 is 2.27 bits per heavy atom. The van der Waals surface area contributed by atoms with Gasteiger partial charge >= 0.3 is 0 Å². The highest BCUT2D eigenvalue weighted by Gasteiger charge is 2.13. The SMILES string of the molecule is C1=COC(Cc2ncc[nH]2)O1. The number of nitrogens with zero attached hydrogens (tertiary/aromatic N) is 1. The molecule has 2 rings (SSSR count). The number of ether oxygens (including phenoxy) is 2. The largest absolute Gasteiger partial charge is 0.459 e. The maximum Gasteiger partial charge on any atom is 0.246 e. The topological polar surface area (TPSA) is 47.1 Å². The van der Waals surface area contributed by atoms with Crippen LogP contribution in [0.4, 0.5) is 0 Å². The van der Waals surface area contributed by atoms with Gasteiger partial charge in [-0.15, -0.1) is 0 Å². The van der Waals surface area contributed by atoms with Crippen molar-refractivity contribution in [1.82, 2.24) is 9.97 Å². The van der Waals surface area contributed by atoms with Crippen LogP contribution in [0.5, 0.6) is 0 Å². The Bertz CT molecular complexity index is 235. The fourth-order valence-electron chi connectivity index (χ4n) is 0.935. The first-order chi connectivity index (χ1) is 5.45. The van der Waals surface area contributed by atoms with E-state index in [0.717, 1.165) is 5.82 Å². The summed E-state index contributed by atoms with van der Waals surface area (Å²) in [4.78, 5) is 7.00. The zero-order valence-corrected chi connectivity index (χ0v) is 5.86. The van der Waals surface area contributed by atoms with Crippen molar-refractivity contribution >= 4 is 0 Å². The van der Waals surface area contributed by atoms with Crippen LogP contribution in [0, 0.1) is 0 Å². The highest BCUT2D eigenvalue weighted by Crippen LogP contribution is 2.08. The van der Waals surface area contributed by atoms with E-state index in [1.807, 2.05) is 0 Å². The number of rotatable bonds is 2. The van der Waals surface area contributed by atoms with E-state index in [9.17, 15) is 0 Å². The molecule has 58 valence electrons. The average Bonchev–Trinajstić information content (AvgIpc) is 2.60. The second-order valence-electron chi connectivity index (χ2n) is 2.21. The second-order valence-corrected chi connectivity index (χ2v) is 2.21. The average molecular weight is 152 g/mol. The summed E-state index contributed by atoms with van der Waals surface area (Å²) in [5.41, 5.74) is 0. The van der Waals surface area contributed by atoms with Gasteiger partial charge in [-0.25, -0.2) is 4.98 Å². The van der Waals surface area contributed by atoms with Crippen molar-refractivity contribution in [1.29, 1.82) is 0 Å². The molecule has 4 nitrogen and oxygen atoms in total. The fourth-order valence-corrected chi connectivity index (χ4v) is 0.935. The van der Waals surface area contributed by atoms with Crippen LogP contribution in [0.25, 0.3) is 0 Å². The molecule has 0 unspecified atom stereocenters. The van der Waals surface area contributed by atoms with Gasteiger partial charge in [0.05, 0.1) is 6.42 Å². The third-order valence-electron chi connectivity index (χ3n) is 1.43. The molecule has 0 atom stereocenters. The first kappa shape index (κ1) is 6.27. The third-order valence-corrected chi connectivity index (χ3v) is 1.43. The Hall–Kier alpha value is -1.45. The van der Waals surface area contributed by atoms with Crippen molar-refractivity contribution in [2.24, 2.45) is 0 Å². The van der Waals surface area contributed by atoms with Crippen LogP contribution < -0.4 is 0 Å². The van der Waals surface area contributed by atoms with Crippen molar-refractivity contribution in [3.8, 4) is 0 Å². The second kappa shape index (κ2) is 2.65. The predicted octanol–water partition coefficient (Wildman–Crippen LogP) is 0.796. The van der Waals surface area contributed by atoms with Gasteiger partial charge in [-0.1, -0.05) is 0 Å². The molecule has 0 spiro atoms. The van der Waals surface area contributed by atoms with Crippen molar-refractivity contribution in [3.05, 3.63) is 30.7 Å². The Labute approximate surface area is 63.9 Å². The van der Waals surface area contributed by atoms with E-state index in [0.29, 0.717) is 6.42 Å². The van der Waals surface area contributed by atoms with Gasteiger partial charge in [-0.05, 0) is 0 Å². The molecule has 0 fully saturated rings. The van der Waals surface area contributed by atoms with E-state index in [2.05, 4.69) is 9.97 Å². The van der Waals surface area contributed by atoms with Crippen molar-refractivity contribution < 1.29 is 9.47 Å². The number of imidazole rings is 1. The lowest BCUT2D eigenvalue weighted by Gasteiger charge is -2.06. The summed E-state index contributed by atoms with van der Waals surface area (Å²) in [6.07, 6.45) is 7.00. The summed E-state index contributed by atoms with van der Waals surface area (Å²) < 4.78 is 10.1. The van der Waals surface area contributed by atoms with Crippen LogP contribution >= 0.6 is 0 Å². The van der Waals surface area contributed by atoms with Gasteiger partial charge in [0.15, 0.2) is 0 Å². The molecule has 1 aromatic heterocycles. The van der Waals surface area contributed by atoms with Gasteiger partial charge in [-0.3, -0.25) is 0 Å². The van der Waals surface area contributed by atoms with Crippen LogP contribution in [0.3, 0.4) is 0 Å². The molecule has 1 N–H and O–H groups in total. The van der Waals surface area contributed by atoms with Gasteiger partial charge in [-0.2, -0.15) is 0 Å². The molecule has 1 aromatic rings. The zero-order chi connectivity index (χ0) is 7.52. The van der Waals surface area contributed by atoms with Gasteiger partial charge in [0.2, 0.25) is 6.29 Å². The molecule has 0 saturated carbocycles. The molecule has 0 saturated heterocycles. The molecular formula is C7H8N2O2. The predicted molar refractivity (Wildman–Crippen MR) is 37.4 cm³/mol. The molecule has 11 heavy (non-hydrogen) atoms. The number of hydrogen-bond donors (Lipinski definition) is 1. The molecule has 1 aliphatic rings. The number of H-pyrrole nitrogens is 1. The first-order valence-electron chi connectivity index (χ1n) is 3.39. The van der Waals surface area contributed by atoms with Crippen LogP contribution in [-0.4, -0.2) is 16.3 Å². The third kappa shape index (κ3) is 1.34. The first-order valence-corrected chi connectivity index (χ1v) is 3.39. The lowest BCUT2D eigenvalue weighted by Crippen LogP contribution is -2.11. The summed E-state index contributed by atoms with van der Waals surface area (Å²) in [5, 5.41) is 0. The molecule has 0 bridgehead atoms. The van der Waals surface area contributed by atoms with E-state index in [1.54, 1.807) is 12.4 Å². The maximum absolute atomic E-state index is 5.06. The molecule has 0 aromatic carbocycles. The van der Waals surface area contributed by atoms with E-state index in [4.69, 9.17) is 9.47 Å². The maximum atomic E-state index is 5.06. The monoisotopic (exact) mass is 152 g/mol. The normalized spacial score (nSPS) is 16.4. The molecular weight excluding hydrogens is 144 g/mol. The Balaban J connectivity index is 1.91. The van der Waals surface area contributed by atoms with Crippen molar-refractivity contribution in [2.45, 2.75) is 12.7 Å². The Kier molecular flexibility index (Phi) is 1.51. The lowest BCUT2D eigenvalue weighted by molar-refractivity contribution is -0.0222. The summed E-state index contributed by atoms with van der Waals surface area (Å²) in [6.45, 7) is 0. The smallest absolute Gasteiger partial charge is 0.246 e. The summed E-state index contributed by atoms with van der Waals surface area (Å²) in [5.74, 6) is 0.874. The highest BCUT2D eigenvalue weighted by atomic mass is 16.7. The number of hydrogen-bond acceptors (Lipinski definition) is 3. The minimum atomic E-state index is -0.207. The summed E-state index contributed by atoms with van der Waals surface area (Å²) in [6, 6.07) is 0. The number of aromatic nitrogens is 2. The lowest BCUT2D eigenvalue weighted by atomic mass is 10.4. The molecule has 0 radical (unpaired) electrons. The summed E-state index contributed by atoms with van der Waals surface area (Å²) in [7, 11) is 0. The Morgan fingerprint density at radius 1 is 1.45 bits per heavy atom. The fraction of sp³-hybridized carbons (Fsp3) is 0.286. The van der Waals surface area contributed by atoms with E-state index >= 15 is 0 Å². The van der Waals surface area contributed by atoms with E-state index in [-0.39, 0.29) is 6.29 Å². The Morgan fingerprint density at radius 3 is 2.91 bits per heavy atom. The quantitative estimate of drug-likeness (QED) is 0.681. The minimum Gasteiger partial charge on any atom is -0.459 e. The highest BCUT2D eigenvalue weighted by molar-refractivity contribution is 4.89. The number of nitrogens with one attached hydrogen (secondary N) is 1. The molecule has 1 aliphatic heterocycles. The van der Waals surface area contributed by atoms with Gasteiger partial charge in [0.1, 0.15) is 18.3 Å². The van der Waals surface area contributed by atoms with Crippen molar-refractivity contribution in [2.75, 3.05) is 0 Å². The molecule has 0 aliphatic carbocycles. The van der Waals surface area contributed by atoms with Gasteiger partial charge in [0, 0.05) is 12.4 Å². The van der Waals surface area contributed by atoms with Crippen LogP contribution in [0.1, 0.15) is 5.82 Å². The number of aromatic amines is 1. The zero-order valence-electron chi connectivity index (χ0n) is 5.86. The molecule has 2 heterocycles. The minimum absolute atomic E-state index is 0.207. The van der Waals surface area contributed by atoms with Gasteiger partial charge < -0.3 is 14.5 Å². The van der Waals surface area contributed by atoms with E-state index in [1.165, 1.54) is 12.5 Å². The summed E-state index contributed by atoms with van der Waals surface area (Å²) >= 11 is 0. The van der Waals surface area contributed by atoms with Crippen LogP contribution in [0.15, 0.2) is 24.9 Å². The van der Waals surface area contributed by atoms with E-state index < -0.39 is 0 Å². The standard InChI is InChI=1S/C7H8N2O2/c1-2-9-6(8-1)5-7-10-3-4-11-7/h1-4,7H,5H2,(H,8,9). The molecule has 0 amide bonds. The van der Waals surface area contributed by atoms with Gasteiger partial charge in [0.25, 0.3) is 0 Å². The van der Waals surface area contributed by atoms with Crippen molar-refractivity contribution in [3.63, 3.8) is 0 Å². The van der Waals surface area contributed by atoms with Crippen LogP contribution in [0.2, 0.25) is 0 Å².